The Hall–Kier alpha value is -1.62. The predicted octanol–water partition coefficient (Wildman–Crippen LogP) is 1.68. The Morgan fingerprint density at radius 3 is 2.65 bits per heavy atom. The van der Waals surface area contributed by atoms with Crippen LogP contribution >= 0.6 is 0 Å². The van der Waals surface area contributed by atoms with Crippen LogP contribution in [0.15, 0.2) is 18.2 Å². The third-order valence-corrected chi connectivity index (χ3v) is 2.40. The molecule has 0 amide bonds. The molecular weight excluding hydrogens is 225 g/mol. The number of carboxylic acid groups (broad SMARTS) is 1. The average molecular weight is 241 g/mol. The maximum Gasteiger partial charge on any atom is 0.307 e. The van der Waals surface area contributed by atoms with Crippen LogP contribution in [0.3, 0.4) is 0 Å². The van der Waals surface area contributed by atoms with Crippen LogP contribution in [-0.4, -0.2) is 34.7 Å². The molecule has 17 heavy (non-hydrogen) atoms. The number of aromatic hydroxyl groups is 1. The fourth-order valence-electron chi connectivity index (χ4n) is 1.65. The Labute approximate surface area is 99.3 Å². The van der Waals surface area contributed by atoms with E-state index >= 15 is 0 Å². The summed E-state index contributed by atoms with van der Waals surface area (Å²) in [4.78, 5) is 12.4. The third-order valence-electron chi connectivity index (χ3n) is 2.40. The summed E-state index contributed by atoms with van der Waals surface area (Å²) in [7, 11) is 1.75. The largest absolute Gasteiger partial charge is 0.508 e. The lowest BCUT2D eigenvalue weighted by Crippen LogP contribution is -2.28. The van der Waals surface area contributed by atoms with E-state index in [4.69, 9.17) is 5.11 Å². The number of carbonyl (C=O) groups is 1. The van der Waals surface area contributed by atoms with Gasteiger partial charge in [-0.1, -0.05) is 6.92 Å². The van der Waals surface area contributed by atoms with Gasteiger partial charge >= 0.3 is 5.97 Å². The Kier molecular flexibility index (Phi) is 4.45. The van der Waals surface area contributed by atoms with Crippen LogP contribution in [0.5, 0.6) is 5.75 Å². The normalized spacial score (nSPS) is 12.7. The molecule has 0 heterocycles. The first-order valence-corrected chi connectivity index (χ1v) is 5.28. The van der Waals surface area contributed by atoms with Crippen LogP contribution in [0.1, 0.15) is 12.5 Å². The number of nitrogens with zero attached hydrogens (tertiary/aromatic N) is 1. The number of phenols is 1. The van der Waals surface area contributed by atoms with E-state index in [1.807, 2.05) is 0 Å². The van der Waals surface area contributed by atoms with E-state index in [0.717, 1.165) is 6.07 Å². The molecule has 0 bridgehead atoms. The second kappa shape index (κ2) is 5.63. The number of benzene rings is 1. The van der Waals surface area contributed by atoms with Gasteiger partial charge in [-0.3, -0.25) is 4.79 Å². The van der Waals surface area contributed by atoms with Gasteiger partial charge in [0, 0.05) is 19.2 Å². The summed E-state index contributed by atoms with van der Waals surface area (Å²) < 4.78 is 13.0. The fourth-order valence-corrected chi connectivity index (χ4v) is 1.65. The summed E-state index contributed by atoms with van der Waals surface area (Å²) in [6.45, 7) is 2.37. The summed E-state index contributed by atoms with van der Waals surface area (Å²) in [6, 6.07) is 3.82. The van der Waals surface area contributed by atoms with Crippen molar-refractivity contribution in [2.24, 2.45) is 5.92 Å². The third kappa shape index (κ3) is 4.40. The van der Waals surface area contributed by atoms with Gasteiger partial charge in [0.05, 0.1) is 5.92 Å². The molecule has 0 aromatic heterocycles. The molecule has 0 aliphatic carbocycles. The van der Waals surface area contributed by atoms with E-state index in [0.29, 0.717) is 18.7 Å². The minimum atomic E-state index is -0.862. The maximum absolute atomic E-state index is 13.0. The van der Waals surface area contributed by atoms with Gasteiger partial charge in [-0.15, -0.1) is 0 Å². The molecule has 0 saturated carbocycles. The summed E-state index contributed by atoms with van der Waals surface area (Å²) in [6.07, 6.45) is 0. The number of aliphatic carboxylic acids is 1. The van der Waals surface area contributed by atoms with Crippen molar-refractivity contribution in [2.45, 2.75) is 13.5 Å². The molecule has 0 radical (unpaired) electrons. The van der Waals surface area contributed by atoms with Gasteiger partial charge in [0.1, 0.15) is 11.6 Å². The lowest BCUT2D eigenvalue weighted by Gasteiger charge is -2.19. The Morgan fingerprint density at radius 2 is 2.12 bits per heavy atom. The molecule has 1 atom stereocenters. The van der Waals surface area contributed by atoms with E-state index in [1.165, 1.54) is 12.1 Å². The average Bonchev–Trinajstić information content (AvgIpc) is 2.14. The standard InChI is InChI=1S/C12H16FNO3/c1-8(12(16)17)6-14(2)7-9-3-10(13)5-11(15)4-9/h3-5,8,15H,6-7H2,1-2H3,(H,16,17). The summed E-state index contributed by atoms with van der Waals surface area (Å²) in [5.74, 6) is -1.97. The van der Waals surface area contributed by atoms with Gasteiger partial charge in [0.2, 0.25) is 0 Å². The van der Waals surface area contributed by atoms with Crippen LogP contribution in [0.25, 0.3) is 0 Å². The van der Waals surface area contributed by atoms with Crippen molar-refractivity contribution >= 4 is 5.97 Å². The van der Waals surface area contributed by atoms with Crippen molar-refractivity contribution in [1.82, 2.24) is 4.90 Å². The van der Waals surface area contributed by atoms with Crippen molar-refractivity contribution in [2.75, 3.05) is 13.6 Å². The minimum absolute atomic E-state index is 0.125. The van der Waals surface area contributed by atoms with Crippen molar-refractivity contribution in [1.29, 1.82) is 0 Å². The minimum Gasteiger partial charge on any atom is -0.508 e. The number of carboxylic acids is 1. The topological polar surface area (TPSA) is 60.8 Å². The highest BCUT2D eigenvalue weighted by Crippen LogP contribution is 2.16. The molecule has 1 rings (SSSR count). The molecule has 1 aromatic rings. The predicted molar refractivity (Wildman–Crippen MR) is 61.2 cm³/mol. The van der Waals surface area contributed by atoms with Gasteiger partial charge < -0.3 is 15.1 Å². The maximum atomic E-state index is 13.0. The van der Waals surface area contributed by atoms with Gasteiger partial charge in [0.15, 0.2) is 0 Å². The molecule has 2 N–H and O–H groups in total. The molecule has 0 fully saturated rings. The molecule has 5 heteroatoms. The molecule has 4 nitrogen and oxygen atoms in total. The van der Waals surface area contributed by atoms with Gasteiger partial charge in [0.25, 0.3) is 0 Å². The zero-order valence-corrected chi connectivity index (χ0v) is 9.85. The number of phenolic OH excluding ortho intramolecular Hbond substituents is 1. The fraction of sp³-hybridized carbons (Fsp3) is 0.417. The van der Waals surface area contributed by atoms with Crippen molar-refractivity contribution < 1.29 is 19.4 Å². The number of hydrogen-bond donors (Lipinski definition) is 2. The van der Waals surface area contributed by atoms with E-state index in [-0.39, 0.29) is 5.75 Å². The van der Waals surface area contributed by atoms with Crippen molar-refractivity contribution in [3.63, 3.8) is 0 Å². The van der Waals surface area contributed by atoms with Crippen molar-refractivity contribution in [3.8, 4) is 5.75 Å². The van der Waals surface area contributed by atoms with Crippen LogP contribution in [-0.2, 0) is 11.3 Å². The van der Waals surface area contributed by atoms with E-state index in [9.17, 15) is 14.3 Å². The van der Waals surface area contributed by atoms with Crippen LogP contribution < -0.4 is 0 Å². The second-order valence-corrected chi connectivity index (χ2v) is 4.25. The number of rotatable bonds is 5. The quantitative estimate of drug-likeness (QED) is 0.823. The Morgan fingerprint density at radius 1 is 1.47 bits per heavy atom. The SMILES string of the molecule is CC(CN(C)Cc1cc(O)cc(F)c1)C(=O)O. The first kappa shape index (κ1) is 13.4. The van der Waals surface area contributed by atoms with E-state index in [2.05, 4.69) is 0 Å². The lowest BCUT2D eigenvalue weighted by molar-refractivity contribution is -0.141. The molecule has 0 aliphatic rings. The molecule has 0 spiro atoms. The first-order chi connectivity index (χ1) is 7.88. The van der Waals surface area contributed by atoms with E-state index < -0.39 is 17.7 Å². The van der Waals surface area contributed by atoms with Crippen LogP contribution in [0.2, 0.25) is 0 Å². The molecule has 1 unspecified atom stereocenters. The molecular formula is C12H16FNO3. The zero-order chi connectivity index (χ0) is 13.0. The highest BCUT2D eigenvalue weighted by molar-refractivity contribution is 5.69. The highest BCUT2D eigenvalue weighted by atomic mass is 19.1. The lowest BCUT2D eigenvalue weighted by atomic mass is 10.1. The van der Waals surface area contributed by atoms with E-state index in [1.54, 1.807) is 18.9 Å². The summed E-state index contributed by atoms with van der Waals surface area (Å²) >= 11 is 0. The van der Waals surface area contributed by atoms with Gasteiger partial charge in [-0.25, -0.2) is 4.39 Å². The zero-order valence-electron chi connectivity index (χ0n) is 9.85. The molecule has 0 saturated heterocycles. The Bertz CT molecular complexity index is 388. The highest BCUT2D eigenvalue weighted by Gasteiger charge is 2.14. The smallest absolute Gasteiger partial charge is 0.307 e. The monoisotopic (exact) mass is 241 g/mol. The van der Waals surface area contributed by atoms with Crippen molar-refractivity contribution in [3.05, 3.63) is 29.6 Å². The van der Waals surface area contributed by atoms with Crippen LogP contribution in [0, 0.1) is 11.7 Å². The molecule has 1 aromatic carbocycles. The van der Waals surface area contributed by atoms with Gasteiger partial charge in [-0.2, -0.15) is 0 Å². The molecule has 94 valence electrons. The molecule has 0 aliphatic heterocycles. The van der Waals surface area contributed by atoms with Crippen LogP contribution in [0.4, 0.5) is 4.39 Å². The number of halogens is 1. The Balaban J connectivity index is 2.61. The summed E-state index contributed by atoms with van der Waals surface area (Å²) in [5.41, 5.74) is 0.614. The first-order valence-electron chi connectivity index (χ1n) is 5.28. The second-order valence-electron chi connectivity index (χ2n) is 4.25. The van der Waals surface area contributed by atoms with Gasteiger partial charge in [-0.05, 0) is 24.7 Å². The number of hydrogen-bond acceptors (Lipinski definition) is 3. The summed E-state index contributed by atoms with van der Waals surface area (Å²) in [5, 5.41) is 18.0.